The van der Waals surface area contributed by atoms with Crippen LogP contribution in [0.4, 0.5) is 0 Å². The van der Waals surface area contributed by atoms with Gasteiger partial charge in [-0.1, -0.05) is 32.6 Å². The lowest BCUT2D eigenvalue weighted by molar-refractivity contribution is 0.631. The molecular formula is C14H23N. The van der Waals surface area contributed by atoms with E-state index in [1.807, 2.05) is 6.20 Å². The highest BCUT2D eigenvalue weighted by Gasteiger charge is 2.00. The Morgan fingerprint density at radius 2 is 1.80 bits per heavy atom. The van der Waals surface area contributed by atoms with Gasteiger partial charge in [-0.3, -0.25) is 4.98 Å². The number of unbranched alkanes of at least 4 members (excludes halogenated alkanes) is 4. The monoisotopic (exact) mass is 205 g/mol. The molecule has 0 unspecified atom stereocenters. The summed E-state index contributed by atoms with van der Waals surface area (Å²) in [7, 11) is 0. The highest BCUT2D eigenvalue weighted by Crippen LogP contribution is 2.14. The van der Waals surface area contributed by atoms with Crippen LogP contribution < -0.4 is 0 Å². The fourth-order valence-electron chi connectivity index (χ4n) is 1.88. The first-order valence-electron chi connectivity index (χ1n) is 6.16. The van der Waals surface area contributed by atoms with Crippen molar-refractivity contribution in [2.75, 3.05) is 0 Å². The quantitative estimate of drug-likeness (QED) is 0.634. The van der Waals surface area contributed by atoms with Crippen LogP contribution in [0.15, 0.2) is 12.3 Å². The van der Waals surface area contributed by atoms with E-state index in [-0.39, 0.29) is 0 Å². The standard InChI is InChI=1S/C14H23N/c1-4-5-6-7-8-9-14-10-11-15-13(3)12(14)2/h10-11H,4-9H2,1-3H3. The third-order valence-corrected chi connectivity index (χ3v) is 3.12. The molecule has 1 nitrogen and oxygen atoms in total. The SMILES string of the molecule is CCCCCCCc1ccnc(C)c1C. The second-order valence-corrected chi connectivity index (χ2v) is 4.34. The van der Waals surface area contributed by atoms with Gasteiger partial charge in [-0.05, 0) is 43.9 Å². The van der Waals surface area contributed by atoms with Crippen molar-refractivity contribution in [1.29, 1.82) is 0 Å². The Bertz CT molecular complexity index is 291. The van der Waals surface area contributed by atoms with Crippen LogP contribution in [0.25, 0.3) is 0 Å². The maximum atomic E-state index is 4.30. The van der Waals surface area contributed by atoms with Gasteiger partial charge in [0.2, 0.25) is 0 Å². The fourth-order valence-corrected chi connectivity index (χ4v) is 1.88. The molecule has 1 rings (SSSR count). The molecule has 0 fully saturated rings. The molecule has 0 N–H and O–H groups in total. The van der Waals surface area contributed by atoms with Crippen LogP contribution in [0.5, 0.6) is 0 Å². The Hall–Kier alpha value is -0.850. The minimum atomic E-state index is 1.18. The molecule has 15 heavy (non-hydrogen) atoms. The van der Waals surface area contributed by atoms with E-state index in [1.54, 1.807) is 0 Å². The predicted molar refractivity (Wildman–Crippen MR) is 66.2 cm³/mol. The first kappa shape index (κ1) is 12.2. The van der Waals surface area contributed by atoms with Gasteiger partial charge in [-0.25, -0.2) is 0 Å². The number of nitrogens with zero attached hydrogens (tertiary/aromatic N) is 1. The van der Waals surface area contributed by atoms with Crippen LogP contribution in [0, 0.1) is 13.8 Å². The molecule has 0 amide bonds. The molecule has 1 heterocycles. The largest absolute Gasteiger partial charge is 0.261 e. The smallest absolute Gasteiger partial charge is 0.0404 e. The molecule has 0 aromatic carbocycles. The van der Waals surface area contributed by atoms with Gasteiger partial charge in [0.1, 0.15) is 0 Å². The van der Waals surface area contributed by atoms with E-state index in [2.05, 4.69) is 31.8 Å². The lowest BCUT2D eigenvalue weighted by Crippen LogP contribution is -1.95. The molecule has 1 aromatic rings. The van der Waals surface area contributed by atoms with E-state index >= 15 is 0 Å². The zero-order chi connectivity index (χ0) is 11.1. The zero-order valence-electron chi connectivity index (χ0n) is 10.3. The normalized spacial score (nSPS) is 10.6. The average molecular weight is 205 g/mol. The molecule has 0 saturated carbocycles. The summed E-state index contributed by atoms with van der Waals surface area (Å²) in [6.45, 7) is 6.54. The first-order valence-corrected chi connectivity index (χ1v) is 6.16. The van der Waals surface area contributed by atoms with Gasteiger partial charge in [-0.2, -0.15) is 0 Å². The van der Waals surface area contributed by atoms with E-state index in [9.17, 15) is 0 Å². The maximum absolute atomic E-state index is 4.30. The van der Waals surface area contributed by atoms with E-state index in [4.69, 9.17) is 0 Å². The zero-order valence-corrected chi connectivity index (χ0v) is 10.3. The minimum Gasteiger partial charge on any atom is -0.261 e. The van der Waals surface area contributed by atoms with Crippen molar-refractivity contribution < 1.29 is 0 Å². The molecule has 0 aliphatic carbocycles. The second-order valence-electron chi connectivity index (χ2n) is 4.34. The van der Waals surface area contributed by atoms with Crippen LogP contribution in [0.2, 0.25) is 0 Å². The number of aromatic nitrogens is 1. The molecule has 0 bridgehead atoms. The summed E-state index contributed by atoms with van der Waals surface area (Å²) in [5, 5.41) is 0. The Labute approximate surface area is 93.9 Å². The van der Waals surface area contributed by atoms with Crippen molar-refractivity contribution in [3.63, 3.8) is 0 Å². The molecule has 1 heteroatoms. The van der Waals surface area contributed by atoms with Crippen LogP contribution in [0.1, 0.15) is 55.8 Å². The summed E-state index contributed by atoms with van der Waals surface area (Å²) in [6, 6.07) is 2.17. The number of hydrogen-bond donors (Lipinski definition) is 0. The molecule has 0 spiro atoms. The molecule has 0 aliphatic heterocycles. The molecule has 0 aliphatic rings. The average Bonchev–Trinajstić information content (AvgIpc) is 2.24. The van der Waals surface area contributed by atoms with Gasteiger partial charge in [0.25, 0.3) is 0 Å². The first-order chi connectivity index (χ1) is 7.25. The number of pyridine rings is 1. The summed E-state index contributed by atoms with van der Waals surface area (Å²) >= 11 is 0. The summed E-state index contributed by atoms with van der Waals surface area (Å²) in [5.74, 6) is 0. The molecule has 0 radical (unpaired) electrons. The fraction of sp³-hybridized carbons (Fsp3) is 0.643. The topological polar surface area (TPSA) is 12.9 Å². The lowest BCUT2D eigenvalue weighted by atomic mass is 10.0. The molecule has 0 saturated heterocycles. The van der Waals surface area contributed by atoms with Crippen LogP contribution in [-0.2, 0) is 6.42 Å². The highest BCUT2D eigenvalue weighted by atomic mass is 14.7. The number of hydrogen-bond acceptors (Lipinski definition) is 1. The lowest BCUT2D eigenvalue weighted by Gasteiger charge is -2.07. The Balaban J connectivity index is 2.34. The van der Waals surface area contributed by atoms with Crippen molar-refractivity contribution in [2.45, 2.75) is 59.3 Å². The van der Waals surface area contributed by atoms with E-state index in [0.717, 1.165) is 0 Å². The van der Waals surface area contributed by atoms with Crippen molar-refractivity contribution in [3.05, 3.63) is 29.1 Å². The van der Waals surface area contributed by atoms with Crippen molar-refractivity contribution in [2.24, 2.45) is 0 Å². The molecule has 1 aromatic heterocycles. The third-order valence-electron chi connectivity index (χ3n) is 3.12. The molecule has 84 valence electrons. The van der Waals surface area contributed by atoms with E-state index in [1.165, 1.54) is 55.3 Å². The third kappa shape index (κ3) is 4.03. The Morgan fingerprint density at radius 3 is 2.53 bits per heavy atom. The number of rotatable bonds is 6. The summed E-state index contributed by atoms with van der Waals surface area (Å²) in [6.07, 6.45) is 9.95. The maximum Gasteiger partial charge on any atom is 0.0404 e. The van der Waals surface area contributed by atoms with Crippen molar-refractivity contribution in [1.82, 2.24) is 4.98 Å². The van der Waals surface area contributed by atoms with Gasteiger partial charge in [0.05, 0.1) is 0 Å². The minimum absolute atomic E-state index is 1.18. The highest BCUT2D eigenvalue weighted by molar-refractivity contribution is 5.27. The molecule has 0 atom stereocenters. The second kappa shape index (κ2) is 6.60. The van der Waals surface area contributed by atoms with Crippen LogP contribution >= 0.6 is 0 Å². The van der Waals surface area contributed by atoms with E-state index < -0.39 is 0 Å². The Morgan fingerprint density at radius 1 is 1.07 bits per heavy atom. The van der Waals surface area contributed by atoms with Gasteiger partial charge >= 0.3 is 0 Å². The van der Waals surface area contributed by atoms with Gasteiger partial charge in [0.15, 0.2) is 0 Å². The molecular weight excluding hydrogens is 182 g/mol. The van der Waals surface area contributed by atoms with Crippen LogP contribution in [-0.4, -0.2) is 4.98 Å². The summed E-state index contributed by atoms with van der Waals surface area (Å²) in [5.41, 5.74) is 4.05. The van der Waals surface area contributed by atoms with Crippen molar-refractivity contribution in [3.8, 4) is 0 Å². The number of aryl methyl sites for hydroxylation is 2. The predicted octanol–water partition coefficient (Wildman–Crippen LogP) is 4.21. The summed E-state index contributed by atoms with van der Waals surface area (Å²) in [4.78, 5) is 4.30. The van der Waals surface area contributed by atoms with Gasteiger partial charge < -0.3 is 0 Å². The Kier molecular flexibility index (Phi) is 5.38. The van der Waals surface area contributed by atoms with Crippen molar-refractivity contribution >= 4 is 0 Å². The van der Waals surface area contributed by atoms with Gasteiger partial charge in [-0.15, -0.1) is 0 Å². The van der Waals surface area contributed by atoms with Crippen LogP contribution in [0.3, 0.4) is 0 Å². The van der Waals surface area contributed by atoms with Gasteiger partial charge in [0, 0.05) is 11.9 Å². The summed E-state index contributed by atoms with van der Waals surface area (Å²) < 4.78 is 0. The van der Waals surface area contributed by atoms with E-state index in [0.29, 0.717) is 0 Å².